The molecule has 1 aliphatic rings. The predicted octanol–water partition coefficient (Wildman–Crippen LogP) is 7.14. The number of carbonyl (C=O) groups is 1. The van der Waals surface area contributed by atoms with E-state index in [0.29, 0.717) is 13.2 Å². The molecule has 0 radical (unpaired) electrons. The zero-order chi connectivity index (χ0) is 38.2. The highest BCUT2D eigenvalue weighted by molar-refractivity contribution is 5.68. The Labute approximate surface area is 319 Å². The molecule has 54 heavy (non-hydrogen) atoms. The van der Waals surface area contributed by atoms with Gasteiger partial charge in [0.15, 0.2) is 6.29 Å². The van der Waals surface area contributed by atoms with Gasteiger partial charge in [0, 0.05) is 0 Å². The summed E-state index contributed by atoms with van der Waals surface area (Å²) in [5, 5.41) is 13.6. The fourth-order valence-electron chi connectivity index (χ4n) is 5.93. The first-order valence-electron chi connectivity index (χ1n) is 18.3. The third-order valence-electron chi connectivity index (χ3n) is 8.64. The van der Waals surface area contributed by atoms with Gasteiger partial charge in [0.25, 0.3) is 0 Å². The summed E-state index contributed by atoms with van der Waals surface area (Å²) < 4.78 is 45.1. The zero-order valence-corrected chi connectivity index (χ0v) is 31.3. The van der Waals surface area contributed by atoms with Crippen molar-refractivity contribution in [2.24, 2.45) is 0 Å². The molecule has 1 heterocycles. The SMILES string of the molecule is C=C[C@@H](O)[C@H](CO[C@@H]1OC(COCc2ccccc2)[C@H](OCc2ccccc2)C(OCc2ccccc2)[C@H]1OCc1ccccc1)NC(=O)OC(C)(C)C. The third-order valence-corrected chi connectivity index (χ3v) is 8.64. The summed E-state index contributed by atoms with van der Waals surface area (Å²) in [7, 11) is 0. The summed E-state index contributed by atoms with van der Waals surface area (Å²) in [5.41, 5.74) is 3.16. The maximum atomic E-state index is 12.8. The number of carbonyl (C=O) groups excluding carboxylic acids is 1. The number of aliphatic hydroxyl groups is 1. The van der Waals surface area contributed by atoms with Gasteiger partial charge < -0.3 is 43.6 Å². The van der Waals surface area contributed by atoms with E-state index in [1.165, 1.54) is 6.08 Å². The van der Waals surface area contributed by atoms with Gasteiger partial charge >= 0.3 is 6.09 Å². The second kappa shape index (κ2) is 20.9. The van der Waals surface area contributed by atoms with E-state index in [1.54, 1.807) is 20.8 Å². The smallest absolute Gasteiger partial charge is 0.408 e. The number of ether oxygens (including phenoxy) is 7. The molecule has 0 aliphatic carbocycles. The van der Waals surface area contributed by atoms with Crippen LogP contribution in [0.4, 0.5) is 4.79 Å². The van der Waals surface area contributed by atoms with Crippen molar-refractivity contribution in [1.82, 2.24) is 5.32 Å². The van der Waals surface area contributed by atoms with Crippen LogP contribution >= 0.6 is 0 Å². The number of rotatable bonds is 19. The Morgan fingerprint density at radius 3 is 1.61 bits per heavy atom. The van der Waals surface area contributed by atoms with E-state index in [2.05, 4.69) is 11.9 Å². The van der Waals surface area contributed by atoms with Crippen LogP contribution in [-0.2, 0) is 59.6 Å². The van der Waals surface area contributed by atoms with Gasteiger partial charge in [-0.3, -0.25) is 0 Å². The molecule has 0 bridgehead atoms. The molecule has 0 aromatic heterocycles. The maximum Gasteiger partial charge on any atom is 0.408 e. The Morgan fingerprint density at radius 2 is 1.15 bits per heavy atom. The van der Waals surface area contributed by atoms with E-state index in [9.17, 15) is 9.90 Å². The van der Waals surface area contributed by atoms with E-state index < -0.39 is 54.5 Å². The molecular weight excluding hydrogens is 686 g/mol. The van der Waals surface area contributed by atoms with E-state index in [1.807, 2.05) is 121 Å². The molecule has 4 aromatic carbocycles. The molecule has 0 saturated carbocycles. The van der Waals surface area contributed by atoms with Gasteiger partial charge in [-0.05, 0) is 43.0 Å². The summed E-state index contributed by atoms with van der Waals surface area (Å²) in [6, 6.07) is 38.5. The Hall–Kier alpha value is -4.39. The lowest BCUT2D eigenvalue weighted by Gasteiger charge is -2.46. The molecule has 1 saturated heterocycles. The van der Waals surface area contributed by atoms with E-state index in [4.69, 9.17) is 33.2 Å². The van der Waals surface area contributed by atoms with E-state index in [0.717, 1.165) is 22.3 Å². The monoisotopic (exact) mass is 739 g/mol. The van der Waals surface area contributed by atoms with Crippen LogP contribution in [0.2, 0.25) is 0 Å². The van der Waals surface area contributed by atoms with Gasteiger partial charge in [0.1, 0.15) is 30.0 Å². The summed E-state index contributed by atoms with van der Waals surface area (Å²) in [6.45, 7) is 10.1. The Balaban J connectivity index is 1.46. The first-order valence-corrected chi connectivity index (χ1v) is 18.3. The van der Waals surface area contributed by atoms with Crippen molar-refractivity contribution >= 4 is 6.09 Å². The van der Waals surface area contributed by atoms with Crippen LogP contribution in [0.5, 0.6) is 0 Å². The number of hydrogen-bond acceptors (Lipinski definition) is 9. The molecule has 7 atom stereocenters. The molecule has 4 aromatic rings. The molecule has 5 rings (SSSR count). The highest BCUT2D eigenvalue weighted by Gasteiger charge is 2.49. The van der Waals surface area contributed by atoms with Gasteiger partial charge in [-0.25, -0.2) is 4.79 Å². The number of nitrogens with one attached hydrogen (secondary N) is 1. The Kier molecular flexibility index (Phi) is 15.8. The van der Waals surface area contributed by atoms with Crippen LogP contribution < -0.4 is 5.32 Å². The van der Waals surface area contributed by atoms with Crippen molar-refractivity contribution in [3.8, 4) is 0 Å². The summed E-state index contributed by atoms with van der Waals surface area (Å²) in [5.74, 6) is 0. The number of benzene rings is 4. The van der Waals surface area contributed by atoms with Crippen molar-refractivity contribution in [2.45, 2.75) is 95.7 Å². The number of amides is 1. The van der Waals surface area contributed by atoms with Crippen molar-refractivity contribution < 1.29 is 43.1 Å². The lowest BCUT2D eigenvalue weighted by Crippen LogP contribution is -2.62. The molecule has 2 unspecified atom stereocenters. The predicted molar refractivity (Wildman–Crippen MR) is 205 cm³/mol. The van der Waals surface area contributed by atoms with Gasteiger partial charge in [0.2, 0.25) is 0 Å². The van der Waals surface area contributed by atoms with Gasteiger partial charge in [-0.15, -0.1) is 6.58 Å². The second-order valence-electron chi connectivity index (χ2n) is 14.1. The van der Waals surface area contributed by atoms with Gasteiger partial charge in [-0.1, -0.05) is 127 Å². The van der Waals surface area contributed by atoms with Crippen molar-refractivity contribution in [2.75, 3.05) is 13.2 Å². The average Bonchev–Trinajstić information content (AvgIpc) is 3.18. The minimum Gasteiger partial charge on any atom is -0.444 e. The van der Waals surface area contributed by atoms with Crippen LogP contribution in [0, 0.1) is 0 Å². The number of hydrogen-bond donors (Lipinski definition) is 2. The molecule has 1 amide bonds. The first kappa shape index (κ1) is 40.8. The van der Waals surface area contributed by atoms with Gasteiger partial charge in [-0.2, -0.15) is 0 Å². The molecule has 1 aliphatic heterocycles. The number of aliphatic hydroxyl groups excluding tert-OH is 1. The maximum absolute atomic E-state index is 12.8. The lowest BCUT2D eigenvalue weighted by atomic mass is 9.97. The van der Waals surface area contributed by atoms with Gasteiger partial charge in [0.05, 0.1) is 51.8 Å². The molecular formula is C44H53NO9. The average molecular weight is 740 g/mol. The standard InChI is InChI=1S/C44H53NO9/c1-5-37(46)36(45-43(47)54-44(2,3)4)30-52-42-41(51-29-35-24-16-9-17-25-35)40(50-28-34-22-14-8-15-23-34)39(49-27-33-20-12-7-13-21-33)38(53-42)31-48-26-32-18-10-6-11-19-32/h5-25,36-42,46H,1,26-31H2,2-4H3,(H,45,47)/t36-,37+,38?,39-,40?,41+,42+/m0/s1. The normalized spacial score (nSPS) is 21.1. The Morgan fingerprint density at radius 1 is 0.704 bits per heavy atom. The topological polar surface area (TPSA) is 114 Å². The minimum absolute atomic E-state index is 0.152. The summed E-state index contributed by atoms with van der Waals surface area (Å²) in [6.07, 6.45) is -4.40. The van der Waals surface area contributed by atoms with Crippen LogP contribution in [-0.4, -0.2) is 72.9 Å². The van der Waals surface area contributed by atoms with Crippen molar-refractivity contribution in [3.05, 3.63) is 156 Å². The first-order chi connectivity index (χ1) is 26.2. The molecule has 1 fully saturated rings. The minimum atomic E-state index is -1.15. The van der Waals surface area contributed by atoms with E-state index in [-0.39, 0.29) is 26.4 Å². The van der Waals surface area contributed by atoms with Crippen LogP contribution in [0.25, 0.3) is 0 Å². The molecule has 2 N–H and O–H groups in total. The van der Waals surface area contributed by atoms with Crippen LogP contribution in [0.3, 0.4) is 0 Å². The summed E-state index contributed by atoms with van der Waals surface area (Å²) >= 11 is 0. The molecule has 10 nitrogen and oxygen atoms in total. The second-order valence-corrected chi connectivity index (χ2v) is 14.1. The number of alkyl carbamates (subject to hydrolysis) is 1. The largest absolute Gasteiger partial charge is 0.444 e. The highest BCUT2D eigenvalue weighted by Crippen LogP contribution is 2.32. The van der Waals surface area contributed by atoms with E-state index >= 15 is 0 Å². The highest BCUT2D eigenvalue weighted by atomic mass is 16.7. The quantitative estimate of drug-likeness (QED) is 0.0970. The third kappa shape index (κ3) is 13.2. The molecule has 10 heteroatoms. The van der Waals surface area contributed by atoms with Crippen LogP contribution in [0.15, 0.2) is 134 Å². The summed E-state index contributed by atoms with van der Waals surface area (Å²) in [4.78, 5) is 12.8. The fraction of sp³-hybridized carbons (Fsp3) is 0.386. The zero-order valence-electron chi connectivity index (χ0n) is 31.3. The molecule has 0 spiro atoms. The van der Waals surface area contributed by atoms with Crippen molar-refractivity contribution in [1.29, 1.82) is 0 Å². The molecule has 288 valence electrons. The fourth-order valence-corrected chi connectivity index (χ4v) is 5.93. The van der Waals surface area contributed by atoms with Crippen molar-refractivity contribution in [3.63, 3.8) is 0 Å². The van der Waals surface area contributed by atoms with Crippen LogP contribution in [0.1, 0.15) is 43.0 Å². The Bertz CT molecular complexity index is 1650. The lowest BCUT2D eigenvalue weighted by molar-refractivity contribution is -0.329.